The quantitative estimate of drug-likeness (QED) is 0.875. The van der Waals surface area contributed by atoms with Crippen LogP contribution in [0.5, 0.6) is 0 Å². The van der Waals surface area contributed by atoms with Crippen LogP contribution in [0.15, 0.2) is 54.7 Å². The van der Waals surface area contributed by atoms with E-state index in [4.69, 9.17) is 0 Å². The fourth-order valence-corrected chi connectivity index (χ4v) is 1.59. The van der Waals surface area contributed by atoms with Gasteiger partial charge in [0.05, 0.1) is 11.3 Å². The zero-order valence-electron chi connectivity index (χ0n) is 10.8. The molecule has 0 atom stereocenters. The summed E-state index contributed by atoms with van der Waals surface area (Å²) in [5.74, 6) is -0.528. The summed E-state index contributed by atoms with van der Waals surface area (Å²) in [6.45, 7) is 0. The van der Waals surface area contributed by atoms with Crippen molar-refractivity contribution in [3.8, 4) is 0 Å². The van der Waals surface area contributed by atoms with Crippen LogP contribution in [0.25, 0.3) is 6.08 Å². The molecule has 3 nitrogen and oxygen atoms in total. The van der Waals surface area contributed by atoms with Gasteiger partial charge in [0.25, 0.3) is 0 Å². The number of nitrogens with one attached hydrogen (secondary N) is 1. The molecule has 0 fully saturated rings. The number of hydrogen-bond donors (Lipinski definition) is 1. The molecule has 1 aromatic heterocycles. The lowest BCUT2D eigenvalue weighted by atomic mass is 10.2. The van der Waals surface area contributed by atoms with E-state index in [9.17, 15) is 18.0 Å². The Morgan fingerprint density at radius 1 is 1.14 bits per heavy atom. The van der Waals surface area contributed by atoms with Crippen LogP contribution in [-0.2, 0) is 11.0 Å². The molecule has 6 heteroatoms. The second-order valence-corrected chi connectivity index (χ2v) is 4.16. The molecule has 1 amide bonds. The molecule has 0 saturated carbocycles. The van der Waals surface area contributed by atoms with Crippen molar-refractivity contribution < 1.29 is 18.0 Å². The van der Waals surface area contributed by atoms with Gasteiger partial charge in [-0.3, -0.25) is 9.78 Å². The second kappa shape index (κ2) is 6.21. The van der Waals surface area contributed by atoms with Gasteiger partial charge in [-0.25, -0.2) is 0 Å². The lowest BCUT2D eigenvalue weighted by Gasteiger charge is -2.08. The molecule has 0 bridgehead atoms. The Morgan fingerprint density at radius 2 is 1.95 bits per heavy atom. The minimum Gasteiger partial charge on any atom is -0.322 e. The van der Waals surface area contributed by atoms with Crippen LogP contribution in [0.4, 0.5) is 18.9 Å². The number of rotatable bonds is 3. The van der Waals surface area contributed by atoms with Crippen LogP contribution in [0.2, 0.25) is 0 Å². The lowest BCUT2D eigenvalue weighted by Crippen LogP contribution is -2.10. The van der Waals surface area contributed by atoms with Crippen LogP contribution in [0.1, 0.15) is 11.3 Å². The number of anilines is 1. The number of pyridine rings is 1. The first-order chi connectivity index (χ1) is 9.95. The average Bonchev–Trinajstić information content (AvgIpc) is 2.46. The zero-order chi connectivity index (χ0) is 15.3. The van der Waals surface area contributed by atoms with Gasteiger partial charge in [-0.2, -0.15) is 13.2 Å². The molecule has 0 saturated heterocycles. The fourth-order valence-electron chi connectivity index (χ4n) is 1.59. The number of hydrogen-bond acceptors (Lipinski definition) is 2. The Bertz CT molecular complexity index is 651. The van der Waals surface area contributed by atoms with Crippen molar-refractivity contribution in [2.75, 3.05) is 5.32 Å². The van der Waals surface area contributed by atoms with Gasteiger partial charge in [-0.15, -0.1) is 0 Å². The maximum Gasteiger partial charge on any atom is 0.416 e. The average molecular weight is 292 g/mol. The minimum atomic E-state index is -4.44. The van der Waals surface area contributed by atoms with Crippen LogP contribution in [0, 0.1) is 0 Å². The molecule has 0 aliphatic carbocycles. The van der Waals surface area contributed by atoms with Gasteiger partial charge in [-0.1, -0.05) is 12.1 Å². The molecule has 108 valence electrons. The monoisotopic (exact) mass is 292 g/mol. The summed E-state index contributed by atoms with van der Waals surface area (Å²) < 4.78 is 37.6. The van der Waals surface area contributed by atoms with E-state index in [1.807, 2.05) is 0 Å². The molecule has 2 aromatic rings. The maximum atomic E-state index is 12.5. The number of aromatic nitrogens is 1. The van der Waals surface area contributed by atoms with E-state index in [0.29, 0.717) is 5.69 Å². The van der Waals surface area contributed by atoms with Gasteiger partial charge in [-0.05, 0) is 36.4 Å². The van der Waals surface area contributed by atoms with Crippen LogP contribution >= 0.6 is 0 Å². The molecule has 0 spiro atoms. The smallest absolute Gasteiger partial charge is 0.322 e. The SMILES string of the molecule is O=C(C=Cc1ccccn1)Nc1cccc(C(F)(F)F)c1. The fraction of sp³-hybridized carbons (Fsp3) is 0.0667. The predicted molar refractivity (Wildman–Crippen MR) is 73.3 cm³/mol. The summed E-state index contributed by atoms with van der Waals surface area (Å²) in [7, 11) is 0. The van der Waals surface area contributed by atoms with Crippen LogP contribution in [0.3, 0.4) is 0 Å². The van der Waals surface area contributed by atoms with Gasteiger partial charge in [0, 0.05) is 18.0 Å². The molecular weight excluding hydrogens is 281 g/mol. The maximum absolute atomic E-state index is 12.5. The van der Waals surface area contributed by atoms with Gasteiger partial charge >= 0.3 is 6.18 Å². The molecule has 0 aliphatic rings. The summed E-state index contributed by atoms with van der Waals surface area (Å²) >= 11 is 0. The molecule has 1 heterocycles. The van der Waals surface area contributed by atoms with E-state index in [1.165, 1.54) is 24.3 Å². The number of carbonyl (C=O) groups excluding carboxylic acids is 1. The lowest BCUT2D eigenvalue weighted by molar-refractivity contribution is -0.137. The van der Waals surface area contributed by atoms with Crippen LogP contribution in [-0.4, -0.2) is 10.9 Å². The second-order valence-electron chi connectivity index (χ2n) is 4.16. The van der Waals surface area contributed by atoms with Gasteiger partial charge in [0.1, 0.15) is 0 Å². The number of benzene rings is 1. The number of nitrogens with zero attached hydrogens (tertiary/aromatic N) is 1. The zero-order valence-corrected chi connectivity index (χ0v) is 10.8. The summed E-state index contributed by atoms with van der Waals surface area (Å²) in [4.78, 5) is 15.6. The molecule has 1 aromatic carbocycles. The standard InChI is InChI=1S/C15H11F3N2O/c16-15(17,18)11-4-3-6-13(10-11)20-14(21)8-7-12-5-1-2-9-19-12/h1-10H,(H,20,21). The first-order valence-corrected chi connectivity index (χ1v) is 6.02. The van der Waals surface area contributed by atoms with Crippen molar-refractivity contribution in [3.63, 3.8) is 0 Å². The van der Waals surface area contributed by atoms with Crippen molar-refractivity contribution in [2.45, 2.75) is 6.18 Å². The van der Waals surface area contributed by atoms with E-state index in [1.54, 1.807) is 24.4 Å². The highest BCUT2D eigenvalue weighted by molar-refractivity contribution is 6.01. The predicted octanol–water partition coefficient (Wildman–Crippen LogP) is 3.75. The van der Waals surface area contributed by atoms with Crippen molar-refractivity contribution in [1.29, 1.82) is 0 Å². The minimum absolute atomic E-state index is 0.0838. The van der Waals surface area contributed by atoms with E-state index < -0.39 is 17.6 Å². The summed E-state index contributed by atoms with van der Waals surface area (Å²) in [6, 6.07) is 9.65. The first kappa shape index (κ1) is 14.8. The summed E-state index contributed by atoms with van der Waals surface area (Å²) in [5.41, 5.74) is -0.147. The van der Waals surface area contributed by atoms with E-state index in [-0.39, 0.29) is 5.69 Å². The van der Waals surface area contributed by atoms with Crippen molar-refractivity contribution in [1.82, 2.24) is 4.98 Å². The normalized spacial score (nSPS) is 11.6. The molecule has 1 N–H and O–H groups in total. The Hall–Kier alpha value is -2.63. The van der Waals surface area contributed by atoms with Gasteiger partial charge < -0.3 is 5.32 Å². The Labute approximate surface area is 119 Å². The topological polar surface area (TPSA) is 42.0 Å². The third kappa shape index (κ3) is 4.45. The van der Waals surface area contributed by atoms with Crippen molar-refractivity contribution in [2.24, 2.45) is 0 Å². The molecular formula is C15H11F3N2O. The highest BCUT2D eigenvalue weighted by atomic mass is 19.4. The Kier molecular flexibility index (Phi) is 4.37. The molecule has 0 aliphatic heterocycles. The third-order valence-electron chi connectivity index (χ3n) is 2.55. The number of amides is 1. The van der Waals surface area contributed by atoms with Gasteiger partial charge in [0.15, 0.2) is 0 Å². The Balaban J connectivity index is 2.05. The van der Waals surface area contributed by atoms with E-state index in [2.05, 4.69) is 10.3 Å². The van der Waals surface area contributed by atoms with E-state index in [0.717, 1.165) is 12.1 Å². The largest absolute Gasteiger partial charge is 0.416 e. The summed E-state index contributed by atoms with van der Waals surface area (Å²) in [6.07, 6.45) is -0.180. The molecule has 0 unspecified atom stereocenters. The van der Waals surface area contributed by atoms with Crippen LogP contribution < -0.4 is 5.32 Å². The molecule has 21 heavy (non-hydrogen) atoms. The van der Waals surface area contributed by atoms with Gasteiger partial charge in [0.2, 0.25) is 5.91 Å². The summed E-state index contributed by atoms with van der Waals surface area (Å²) in [5, 5.41) is 2.37. The highest BCUT2D eigenvalue weighted by Crippen LogP contribution is 2.30. The first-order valence-electron chi connectivity index (χ1n) is 6.02. The third-order valence-corrected chi connectivity index (χ3v) is 2.55. The number of alkyl halides is 3. The van der Waals surface area contributed by atoms with Crippen molar-refractivity contribution >= 4 is 17.7 Å². The van der Waals surface area contributed by atoms with E-state index >= 15 is 0 Å². The highest BCUT2D eigenvalue weighted by Gasteiger charge is 2.30. The number of carbonyl (C=O) groups is 1. The molecule has 0 radical (unpaired) electrons. The Morgan fingerprint density at radius 3 is 2.62 bits per heavy atom. The molecule has 2 rings (SSSR count). The van der Waals surface area contributed by atoms with Crippen molar-refractivity contribution in [3.05, 3.63) is 66.0 Å². The number of halogens is 3.